The molecule has 0 radical (unpaired) electrons. The highest BCUT2D eigenvalue weighted by molar-refractivity contribution is 9.10. The van der Waals surface area contributed by atoms with Crippen LogP contribution in [0.4, 0.5) is 0 Å². The Balaban J connectivity index is 1.94. The van der Waals surface area contributed by atoms with Crippen LogP contribution in [0.25, 0.3) is 0 Å². The van der Waals surface area contributed by atoms with Gasteiger partial charge in [-0.1, -0.05) is 35.0 Å². The Morgan fingerprint density at radius 3 is 3.00 bits per heavy atom. The van der Waals surface area contributed by atoms with Crippen LogP contribution >= 0.6 is 15.9 Å². The Labute approximate surface area is 117 Å². The lowest BCUT2D eigenvalue weighted by Gasteiger charge is -2.18. The number of halogens is 1. The summed E-state index contributed by atoms with van der Waals surface area (Å²) in [5.41, 5.74) is 0.807. The van der Waals surface area contributed by atoms with Gasteiger partial charge in [-0.05, 0) is 50.4 Å². The van der Waals surface area contributed by atoms with Gasteiger partial charge < -0.3 is 0 Å². The molecule has 0 N–H and O–H groups in total. The van der Waals surface area contributed by atoms with Crippen molar-refractivity contribution in [3.8, 4) is 0 Å². The van der Waals surface area contributed by atoms with E-state index in [1.165, 1.54) is 19.3 Å². The molecule has 2 nitrogen and oxygen atoms in total. The summed E-state index contributed by atoms with van der Waals surface area (Å²) in [6, 6.07) is 7.67. The normalized spacial score (nSPS) is 21.6. The molecule has 1 heterocycles. The van der Waals surface area contributed by atoms with Gasteiger partial charge in [-0.2, -0.15) is 0 Å². The van der Waals surface area contributed by atoms with E-state index < -0.39 is 0 Å². The zero-order chi connectivity index (χ0) is 13.0. The van der Waals surface area contributed by atoms with Crippen molar-refractivity contribution < 1.29 is 4.79 Å². The van der Waals surface area contributed by atoms with Gasteiger partial charge in [-0.25, -0.2) is 0 Å². The van der Waals surface area contributed by atoms with Crippen LogP contribution < -0.4 is 0 Å². The van der Waals surface area contributed by atoms with Crippen molar-refractivity contribution >= 4 is 21.7 Å². The number of rotatable bonds is 3. The van der Waals surface area contributed by atoms with E-state index in [0.717, 1.165) is 29.0 Å². The topological polar surface area (TPSA) is 20.3 Å². The third-order valence-corrected chi connectivity index (χ3v) is 4.12. The monoisotopic (exact) mass is 309 g/mol. The van der Waals surface area contributed by atoms with E-state index in [1.54, 1.807) is 0 Å². The average Bonchev–Trinajstić information content (AvgIpc) is 2.54. The van der Waals surface area contributed by atoms with Crippen LogP contribution in [0, 0.1) is 5.92 Å². The summed E-state index contributed by atoms with van der Waals surface area (Å²) in [6.07, 6.45) is 3.72. The lowest BCUT2D eigenvalue weighted by molar-refractivity contribution is 0.0932. The number of Topliss-reactive ketones (excluding diaryl/α,β-unsaturated/α-hetero) is 1. The highest BCUT2D eigenvalue weighted by Gasteiger charge is 2.17. The van der Waals surface area contributed by atoms with Crippen LogP contribution in [0.5, 0.6) is 0 Å². The second-order valence-electron chi connectivity index (χ2n) is 5.25. The maximum absolute atomic E-state index is 12.2. The number of ketones is 1. The molecule has 1 atom stereocenters. The SMILES string of the molecule is CC1CCCN(CC(=O)c2cccc(Br)c2)CC1. The highest BCUT2D eigenvalue weighted by Crippen LogP contribution is 2.17. The van der Waals surface area contributed by atoms with Gasteiger partial charge in [0.15, 0.2) is 5.78 Å². The molecule has 0 bridgehead atoms. The first-order chi connectivity index (χ1) is 8.65. The van der Waals surface area contributed by atoms with E-state index in [0.29, 0.717) is 6.54 Å². The summed E-state index contributed by atoms with van der Waals surface area (Å²) >= 11 is 3.41. The first-order valence-electron chi connectivity index (χ1n) is 6.66. The molecule has 3 heteroatoms. The van der Waals surface area contributed by atoms with E-state index in [9.17, 15) is 4.79 Å². The molecule has 1 saturated heterocycles. The van der Waals surface area contributed by atoms with Crippen molar-refractivity contribution in [2.24, 2.45) is 5.92 Å². The van der Waals surface area contributed by atoms with Crippen molar-refractivity contribution in [3.05, 3.63) is 34.3 Å². The van der Waals surface area contributed by atoms with Crippen LogP contribution in [0.3, 0.4) is 0 Å². The molecule has 0 amide bonds. The van der Waals surface area contributed by atoms with E-state index in [4.69, 9.17) is 0 Å². The Bertz CT molecular complexity index is 419. The number of likely N-dealkylation sites (tertiary alicyclic amines) is 1. The molecular formula is C15H20BrNO. The van der Waals surface area contributed by atoms with E-state index in [-0.39, 0.29) is 5.78 Å². The summed E-state index contributed by atoms with van der Waals surface area (Å²) in [7, 11) is 0. The smallest absolute Gasteiger partial charge is 0.176 e. The minimum atomic E-state index is 0.228. The summed E-state index contributed by atoms with van der Waals surface area (Å²) in [4.78, 5) is 14.5. The molecule has 18 heavy (non-hydrogen) atoms. The number of hydrogen-bond acceptors (Lipinski definition) is 2. The Morgan fingerprint density at radius 1 is 1.39 bits per heavy atom. The fourth-order valence-corrected chi connectivity index (χ4v) is 2.84. The van der Waals surface area contributed by atoms with Gasteiger partial charge in [-0.3, -0.25) is 9.69 Å². The molecule has 1 unspecified atom stereocenters. The van der Waals surface area contributed by atoms with E-state index in [1.807, 2.05) is 24.3 Å². The van der Waals surface area contributed by atoms with Gasteiger partial charge in [0, 0.05) is 10.0 Å². The maximum Gasteiger partial charge on any atom is 0.176 e. The second kappa shape index (κ2) is 6.48. The third-order valence-electron chi connectivity index (χ3n) is 3.62. The van der Waals surface area contributed by atoms with Crippen LogP contribution in [0.2, 0.25) is 0 Å². The van der Waals surface area contributed by atoms with Gasteiger partial charge in [-0.15, -0.1) is 0 Å². The zero-order valence-electron chi connectivity index (χ0n) is 10.9. The van der Waals surface area contributed by atoms with Gasteiger partial charge in [0.1, 0.15) is 0 Å². The number of benzene rings is 1. The number of hydrogen-bond donors (Lipinski definition) is 0. The molecule has 1 aliphatic heterocycles. The van der Waals surface area contributed by atoms with Gasteiger partial charge in [0.25, 0.3) is 0 Å². The molecular weight excluding hydrogens is 290 g/mol. The Morgan fingerprint density at radius 2 is 2.22 bits per heavy atom. The molecule has 1 fully saturated rings. The van der Waals surface area contributed by atoms with Gasteiger partial charge in [0.2, 0.25) is 0 Å². The molecule has 1 aromatic rings. The zero-order valence-corrected chi connectivity index (χ0v) is 12.4. The van der Waals surface area contributed by atoms with Crippen LogP contribution in [0.1, 0.15) is 36.5 Å². The number of nitrogens with zero attached hydrogens (tertiary/aromatic N) is 1. The fraction of sp³-hybridized carbons (Fsp3) is 0.533. The van der Waals surface area contributed by atoms with Crippen LogP contribution in [-0.2, 0) is 0 Å². The molecule has 0 aliphatic carbocycles. The summed E-state index contributed by atoms with van der Waals surface area (Å²) in [5.74, 6) is 1.03. The lowest BCUT2D eigenvalue weighted by Crippen LogP contribution is -2.30. The van der Waals surface area contributed by atoms with Crippen LogP contribution in [-0.4, -0.2) is 30.3 Å². The minimum absolute atomic E-state index is 0.228. The molecule has 98 valence electrons. The second-order valence-corrected chi connectivity index (χ2v) is 6.16. The summed E-state index contributed by atoms with van der Waals surface area (Å²) in [5, 5.41) is 0. The van der Waals surface area contributed by atoms with Crippen LogP contribution in [0.15, 0.2) is 28.7 Å². The molecule has 1 aliphatic rings. The van der Waals surface area contributed by atoms with Crippen molar-refractivity contribution in [1.29, 1.82) is 0 Å². The van der Waals surface area contributed by atoms with Gasteiger partial charge in [0.05, 0.1) is 6.54 Å². The maximum atomic E-state index is 12.2. The molecule has 2 rings (SSSR count). The quantitative estimate of drug-likeness (QED) is 0.793. The molecule has 0 aromatic heterocycles. The minimum Gasteiger partial charge on any atom is -0.296 e. The number of carbonyl (C=O) groups excluding carboxylic acids is 1. The van der Waals surface area contributed by atoms with Gasteiger partial charge >= 0.3 is 0 Å². The predicted molar refractivity (Wildman–Crippen MR) is 77.9 cm³/mol. The summed E-state index contributed by atoms with van der Waals surface area (Å²) in [6.45, 7) is 4.98. The standard InChI is InChI=1S/C15H20BrNO/c1-12-4-3-8-17(9-7-12)11-15(18)13-5-2-6-14(16)10-13/h2,5-6,10,12H,3-4,7-9,11H2,1H3. The predicted octanol–water partition coefficient (Wildman–Crippen LogP) is 3.75. The lowest BCUT2D eigenvalue weighted by atomic mass is 10.0. The summed E-state index contributed by atoms with van der Waals surface area (Å²) < 4.78 is 0.970. The van der Waals surface area contributed by atoms with E-state index >= 15 is 0 Å². The van der Waals surface area contributed by atoms with Crippen molar-refractivity contribution in [2.75, 3.05) is 19.6 Å². The first-order valence-corrected chi connectivity index (χ1v) is 7.45. The van der Waals surface area contributed by atoms with Crippen molar-refractivity contribution in [1.82, 2.24) is 4.90 Å². The average molecular weight is 310 g/mol. The fourth-order valence-electron chi connectivity index (χ4n) is 2.44. The first kappa shape index (κ1) is 13.8. The third kappa shape index (κ3) is 3.92. The molecule has 0 saturated carbocycles. The number of carbonyl (C=O) groups is 1. The van der Waals surface area contributed by atoms with Crippen molar-refractivity contribution in [2.45, 2.75) is 26.2 Å². The highest BCUT2D eigenvalue weighted by atomic mass is 79.9. The Kier molecular flexibility index (Phi) is 4.95. The molecule has 1 aromatic carbocycles. The Hall–Kier alpha value is -0.670. The van der Waals surface area contributed by atoms with E-state index in [2.05, 4.69) is 27.8 Å². The molecule has 0 spiro atoms. The van der Waals surface area contributed by atoms with Crippen molar-refractivity contribution in [3.63, 3.8) is 0 Å². The largest absolute Gasteiger partial charge is 0.296 e.